The molecule has 0 atom stereocenters. The lowest BCUT2D eigenvalue weighted by atomic mass is 10.2. The highest BCUT2D eigenvalue weighted by Crippen LogP contribution is 2.16. The van der Waals surface area contributed by atoms with Crippen molar-refractivity contribution in [2.75, 3.05) is 33.4 Å². The van der Waals surface area contributed by atoms with Gasteiger partial charge in [-0.2, -0.15) is 0 Å². The molecule has 1 rings (SSSR count). The molecular weight excluding hydrogens is 222 g/mol. The third-order valence-electron chi connectivity index (χ3n) is 2.29. The topological polar surface area (TPSA) is 70.0 Å². The third kappa shape index (κ3) is 4.05. The zero-order valence-electron chi connectivity index (χ0n) is 9.80. The number of aliphatic hydroxyl groups is 1. The number of amides is 1. The molecule has 5 nitrogen and oxygen atoms in total. The first kappa shape index (κ1) is 13.5. The minimum Gasteiger partial charge on any atom is -0.507 e. The number of para-hydroxylation sites is 1. The number of likely N-dealkylation sites (N-methyl/N-ethyl adjacent to an activating group) is 1. The van der Waals surface area contributed by atoms with Crippen LogP contribution in [-0.2, 0) is 4.74 Å². The molecule has 0 aliphatic heterocycles. The normalized spacial score (nSPS) is 10.2. The van der Waals surface area contributed by atoms with Crippen LogP contribution in [0.5, 0.6) is 5.75 Å². The van der Waals surface area contributed by atoms with Crippen molar-refractivity contribution >= 4 is 5.91 Å². The van der Waals surface area contributed by atoms with Crippen LogP contribution in [0, 0.1) is 0 Å². The number of rotatable bonds is 6. The lowest BCUT2D eigenvalue weighted by Gasteiger charge is -2.17. The molecule has 0 aliphatic rings. The Morgan fingerprint density at radius 3 is 2.71 bits per heavy atom. The average Bonchev–Trinajstić information content (AvgIpc) is 2.34. The van der Waals surface area contributed by atoms with Gasteiger partial charge in [-0.05, 0) is 12.1 Å². The molecule has 0 radical (unpaired) electrons. The van der Waals surface area contributed by atoms with Crippen LogP contribution in [0.1, 0.15) is 10.4 Å². The minimum absolute atomic E-state index is 0.0272. The predicted molar refractivity (Wildman–Crippen MR) is 63.0 cm³/mol. The standard InChI is InChI=1S/C12H17NO4/c1-13(6-8-17-9-7-14)12(16)10-4-2-3-5-11(10)15/h2-5,14-15H,6-9H2,1H3. The number of ether oxygens (including phenoxy) is 1. The third-order valence-corrected chi connectivity index (χ3v) is 2.29. The van der Waals surface area contributed by atoms with E-state index in [4.69, 9.17) is 9.84 Å². The van der Waals surface area contributed by atoms with E-state index in [1.165, 1.54) is 11.0 Å². The van der Waals surface area contributed by atoms with Gasteiger partial charge in [0, 0.05) is 13.6 Å². The van der Waals surface area contributed by atoms with E-state index in [2.05, 4.69) is 0 Å². The quantitative estimate of drug-likeness (QED) is 0.708. The van der Waals surface area contributed by atoms with Gasteiger partial charge in [-0.1, -0.05) is 12.1 Å². The van der Waals surface area contributed by atoms with Gasteiger partial charge in [0.1, 0.15) is 5.75 Å². The summed E-state index contributed by atoms with van der Waals surface area (Å²) in [4.78, 5) is 13.4. The van der Waals surface area contributed by atoms with E-state index in [-0.39, 0.29) is 30.4 Å². The van der Waals surface area contributed by atoms with E-state index in [9.17, 15) is 9.90 Å². The average molecular weight is 239 g/mol. The Morgan fingerprint density at radius 1 is 1.35 bits per heavy atom. The summed E-state index contributed by atoms with van der Waals surface area (Å²) in [6, 6.07) is 6.41. The van der Waals surface area contributed by atoms with Gasteiger partial charge in [0.2, 0.25) is 0 Å². The lowest BCUT2D eigenvalue weighted by molar-refractivity contribution is 0.0616. The Balaban J connectivity index is 2.49. The monoisotopic (exact) mass is 239 g/mol. The van der Waals surface area contributed by atoms with Gasteiger partial charge < -0.3 is 19.8 Å². The van der Waals surface area contributed by atoms with Gasteiger partial charge in [-0.25, -0.2) is 0 Å². The number of carbonyl (C=O) groups excluding carboxylic acids is 1. The van der Waals surface area contributed by atoms with Gasteiger partial charge in [-0.3, -0.25) is 4.79 Å². The van der Waals surface area contributed by atoms with Crippen LogP contribution in [0.25, 0.3) is 0 Å². The summed E-state index contributed by atoms with van der Waals surface area (Å²) in [5.74, 6) is -0.281. The SMILES string of the molecule is CN(CCOCCO)C(=O)c1ccccc1O. The summed E-state index contributed by atoms with van der Waals surface area (Å²) in [7, 11) is 1.64. The highest BCUT2D eigenvalue weighted by molar-refractivity contribution is 5.96. The number of aromatic hydroxyl groups is 1. The number of hydrogen-bond acceptors (Lipinski definition) is 4. The van der Waals surface area contributed by atoms with Crippen molar-refractivity contribution in [3.8, 4) is 5.75 Å². The molecular formula is C12H17NO4. The van der Waals surface area contributed by atoms with E-state index in [1.807, 2.05) is 0 Å². The van der Waals surface area contributed by atoms with E-state index in [1.54, 1.807) is 25.2 Å². The Hall–Kier alpha value is -1.59. The summed E-state index contributed by atoms with van der Waals surface area (Å²) in [5, 5.41) is 18.0. The van der Waals surface area contributed by atoms with Gasteiger partial charge in [0.15, 0.2) is 0 Å². The second-order valence-electron chi connectivity index (χ2n) is 3.58. The van der Waals surface area contributed by atoms with Gasteiger partial charge in [0.25, 0.3) is 5.91 Å². The Morgan fingerprint density at radius 2 is 2.06 bits per heavy atom. The number of carbonyl (C=O) groups is 1. The van der Waals surface area contributed by atoms with Crippen LogP contribution in [0.15, 0.2) is 24.3 Å². The molecule has 0 bridgehead atoms. The van der Waals surface area contributed by atoms with E-state index >= 15 is 0 Å². The molecule has 0 heterocycles. The van der Waals surface area contributed by atoms with E-state index in [0.717, 1.165) is 0 Å². The smallest absolute Gasteiger partial charge is 0.257 e. The zero-order valence-corrected chi connectivity index (χ0v) is 9.80. The molecule has 1 aromatic rings. The Labute approximate surface area is 100 Å². The second-order valence-corrected chi connectivity index (χ2v) is 3.58. The number of nitrogens with zero attached hydrogens (tertiary/aromatic N) is 1. The second kappa shape index (κ2) is 6.88. The zero-order chi connectivity index (χ0) is 12.7. The Kier molecular flexibility index (Phi) is 5.45. The lowest BCUT2D eigenvalue weighted by Crippen LogP contribution is -2.30. The maximum absolute atomic E-state index is 11.9. The van der Waals surface area contributed by atoms with Crippen LogP contribution < -0.4 is 0 Å². The largest absolute Gasteiger partial charge is 0.507 e. The Bertz CT molecular complexity index is 367. The van der Waals surface area contributed by atoms with Crippen molar-refractivity contribution in [1.29, 1.82) is 0 Å². The number of benzene rings is 1. The minimum atomic E-state index is -0.254. The number of aliphatic hydroxyl groups excluding tert-OH is 1. The molecule has 0 spiro atoms. The molecule has 17 heavy (non-hydrogen) atoms. The number of phenols is 1. The maximum atomic E-state index is 11.9. The van der Waals surface area contributed by atoms with Crippen LogP contribution >= 0.6 is 0 Å². The fourth-order valence-electron chi connectivity index (χ4n) is 1.33. The summed E-state index contributed by atoms with van der Waals surface area (Å²) in [6.07, 6.45) is 0. The van der Waals surface area contributed by atoms with Crippen LogP contribution in [0.2, 0.25) is 0 Å². The molecule has 0 aliphatic carbocycles. The summed E-state index contributed by atoms with van der Waals surface area (Å²) in [5.41, 5.74) is 0.275. The molecule has 5 heteroatoms. The molecule has 0 saturated carbocycles. The first-order chi connectivity index (χ1) is 8.16. The summed E-state index contributed by atoms with van der Waals surface area (Å²) in [6.45, 7) is 0.999. The fourth-order valence-corrected chi connectivity index (χ4v) is 1.33. The first-order valence-corrected chi connectivity index (χ1v) is 5.39. The molecule has 94 valence electrons. The van der Waals surface area contributed by atoms with Crippen molar-refractivity contribution < 1.29 is 19.7 Å². The van der Waals surface area contributed by atoms with Gasteiger partial charge in [0.05, 0.1) is 25.4 Å². The van der Waals surface area contributed by atoms with E-state index in [0.29, 0.717) is 13.2 Å². The van der Waals surface area contributed by atoms with E-state index < -0.39 is 0 Å². The van der Waals surface area contributed by atoms with Crippen molar-refractivity contribution in [2.24, 2.45) is 0 Å². The van der Waals surface area contributed by atoms with Crippen LogP contribution in [-0.4, -0.2) is 54.4 Å². The van der Waals surface area contributed by atoms with Crippen molar-refractivity contribution in [3.63, 3.8) is 0 Å². The predicted octanol–water partition coefficient (Wildman–Crippen LogP) is 0.473. The number of phenolic OH excluding ortho intramolecular Hbond substituents is 1. The van der Waals surface area contributed by atoms with Crippen molar-refractivity contribution in [2.45, 2.75) is 0 Å². The molecule has 1 amide bonds. The fraction of sp³-hybridized carbons (Fsp3) is 0.417. The molecule has 0 saturated heterocycles. The van der Waals surface area contributed by atoms with Gasteiger partial charge >= 0.3 is 0 Å². The molecule has 0 unspecified atom stereocenters. The molecule has 0 fully saturated rings. The summed E-state index contributed by atoms with van der Waals surface area (Å²) < 4.78 is 5.06. The van der Waals surface area contributed by atoms with Crippen LogP contribution in [0.3, 0.4) is 0 Å². The number of hydrogen-bond donors (Lipinski definition) is 2. The van der Waals surface area contributed by atoms with Crippen molar-refractivity contribution in [3.05, 3.63) is 29.8 Å². The first-order valence-electron chi connectivity index (χ1n) is 5.39. The molecule has 0 aromatic heterocycles. The highest BCUT2D eigenvalue weighted by Gasteiger charge is 2.14. The summed E-state index contributed by atoms with van der Waals surface area (Å²) >= 11 is 0. The molecule has 1 aromatic carbocycles. The van der Waals surface area contributed by atoms with Crippen LogP contribution in [0.4, 0.5) is 0 Å². The molecule has 2 N–H and O–H groups in total. The highest BCUT2D eigenvalue weighted by atomic mass is 16.5. The maximum Gasteiger partial charge on any atom is 0.257 e. The van der Waals surface area contributed by atoms with Gasteiger partial charge in [-0.15, -0.1) is 0 Å². The van der Waals surface area contributed by atoms with Crippen molar-refractivity contribution in [1.82, 2.24) is 4.90 Å².